The molecular formula is C39H46N6O11S. The van der Waals surface area contributed by atoms with E-state index < -0.39 is 77.2 Å². The summed E-state index contributed by atoms with van der Waals surface area (Å²) < 4.78 is 4.14. The van der Waals surface area contributed by atoms with E-state index in [1.165, 1.54) is 0 Å². The van der Waals surface area contributed by atoms with Gasteiger partial charge in [0, 0.05) is 25.3 Å². The monoisotopic (exact) mass is 806 g/mol. The van der Waals surface area contributed by atoms with Crippen LogP contribution in [0, 0.1) is 60.7 Å². The Kier molecular flexibility index (Phi) is 16.3. The lowest BCUT2D eigenvalue weighted by molar-refractivity contribution is -0.173. The van der Waals surface area contributed by atoms with Gasteiger partial charge in [0.05, 0.1) is 46.9 Å². The Hall–Kier alpha value is -6.22. The fourth-order valence-electron chi connectivity index (χ4n) is 6.86. The van der Waals surface area contributed by atoms with E-state index in [4.69, 9.17) is 0 Å². The van der Waals surface area contributed by atoms with Gasteiger partial charge >= 0.3 is 29.8 Å². The number of carbonyl (C=O) groups is 6. The predicted molar refractivity (Wildman–Crippen MR) is 207 cm³/mol. The number of amides is 1. The standard InChI is InChI=1S/C39H46N6O11S/c1-6-15-45(25-12-13-28(21(3)17-25)42-43-34-27(19-40)23(5)44-57-34)16-14-41-33(46)30(26(36(49)50)18-20(2)24-10-8-7-9-11-24)32(39(55)56)31(38(53)54)29(37(51)52)22(4)35(47)48/h7-13,17,20,22,26,29-32H,6,14-16,18H2,1-5H3,(H,41,46)(H,47,48)(H,49,50)(H,51,52)(H,53,54)(H,55,56)/b43-42+. The van der Waals surface area contributed by atoms with Crippen molar-refractivity contribution in [3.8, 4) is 6.07 Å². The summed E-state index contributed by atoms with van der Waals surface area (Å²) in [4.78, 5) is 79.3. The summed E-state index contributed by atoms with van der Waals surface area (Å²) in [5.74, 6) is -24.2. The summed E-state index contributed by atoms with van der Waals surface area (Å²) in [5, 5.41) is 71.9. The summed E-state index contributed by atoms with van der Waals surface area (Å²) in [6.45, 7) is 8.43. The van der Waals surface area contributed by atoms with Gasteiger partial charge in [0.15, 0.2) is 5.00 Å². The van der Waals surface area contributed by atoms with Crippen LogP contribution in [0.15, 0.2) is 58.8 Å². The molecule has 0 saturated heterocycles. The van der Waals surface area contributed by atoms with E-state index in [1.807, 2.05) is 17.9 Å². The maximum atomic E-state index is 14.2. The molecule has 2 aromatic carbocycles. The molecule has 0 fully saturated rings. The lowest BCUT2D eigenvalue weighted by Crippen LogP contribution is -2.53. The topological polar surface area (TPSA) is 280 Å². The van der Waals surface area contributed by atoms with E-state index in [2.05, 4.69) is 26.0 Å². The van der Waals surface area contributed by atoms with Crippen LogP contribution >= 0.6 is 11.5 Å². The normalized spacial score (nSPS) is 14.9. The minimum absolute atomic E-state index is 0.129. The zero-order chi connectivity index (χ0) is 42.6. The molecule has 17 nitrogen and oxygen atoms in total. The number of aryl methyl sites for hydroxylation is 2. The van der Waals surface area contributed by atoms with Crippen molar-refractivity contribution in [2.45, 2.75) is 53.4 Å². The number of nitrogens with one attached hydrogen (secondary N) is 1. The van der Waals surface area contributed by atoms with Crippen molar-refractivity contribution in [3.63, 3.8) is 0 Å². The molecule has 1 amide bonds. The number of benzene rings is 2. The Labute approximate surface area is 332 Å². The highest BCUT2D eigenvalue weighted by atomic mass is 32.1. The Balaban J connectivity index is 2.01. The molecule has 7 atom stereocenters. The van der Waals surface area contributed by atoms with E-state index in [0.717, 1.165) is 24.0 Å². The Morgan fingerprint density at radius 2 is 1.44 bits per heavy atom. The maximum Gasteiger partial charge on any atom is 0.308 e. The molecule has 0 bridgehead atoms. The second kappa shape index (κ2) is 20.6. The van der Waals surface area contributed by atoms with Gasteiger partial charge in [-0.1, -0.05) is 51.1 Å². The third kappa shape index (κ3) is 11.4. The van der Waals surface area contributed by atoms with Gasteiger partial charge in [0.1, 0.15) is 11.6 Å². The first kappa shape index (κ1) is 45.2. The molecule has 0 saturated carbocycles. The van der Waals surface area contributed by atoms with Crippen LogP contribution in [-0.4, -0.2) is 85.3 Å². The average molecular weight is 807 g/mol. The zero-order valence-electron chi connectivity index (χ0n) is 32.0. The highest BCUT2D eigenvalue weighted by Gasteiger charge is 2.55. The SMILES string of the molecule is CCCN(CCNC(=O)C(C(CC(C)c1ccccc1)C(=O)O)C(C(=O)O)C(C(=O)O)C(C(=O)O)C(C)C(=O)O)c1ccc(/N=N/c2snc(C)c2C#N)c(C)c1. The average Bonchev–Trinajstić information content (AvgIpc) is 3.52. The molecule has 0 spiro atoms. The second-order valence-electron chi connectivity index (χ2n) is 13.7. The molecule has 0 aliphatic heterocycles. The van der Waals surface area contributed by atoms with Crippen LogP contribution in [0.5, 0.6) is 0 Å². The molecule has 1 heterocycles. The first-order chi connectivity index (χ1) is 26.9. The highest BCUT2D eigenvalue weighted by molar-refractivity contribution is 7.10. The smallest absolute Gasteiger partial charge is 0.308 e. The largest absolute Gasteiger partial charge is 0.481 e. The molecule has 3 rings (SSSR count). The summed E-state index contributed by atoms with van der Waals surface area (Å²) in [6.07, 6.45) is 0.321. The minimum atomic E-state index is -2.52. The molecule has 0 aliphatic carbocycles. The lowest BCUT2D eigenvalue weighted by atomic mass is 9.66. The van der Waals surface area contributed by atoms with E-state index in [0.29, 0.717) is 46.2 Å². The van der Waals surface area contributed by atoms with E-state index in [1.54, 1.807) is 63.2 Å². The van der Waals surface area contributed by atoms with Crippen LogP contribution < -0.4 is 10.2 Å². The molecular weight excluding hydrogens is 761 g/mol. The quantitative estimate of drug-likeness (QED) is 0.0663. The van der Waals surface area contributed by atoms with Gasteiger partial charge in [-0.3, -0.25) is 28.8 Å². The lowest BCUT2D eigenvalue weighted by Gasteiger charge is -2.35. The van der Waals surface area contributed by atoms with Gasteiger partial charge in [-0.25, -0.2) is 0 Å². The van der Waals surface area contributed by atoms with Crippen molar-refractivity contribution in [1.29, 1.82) is 5.26 Å². The number of aromatic nitrogens is 1. The first-order valence-electron chi connectivity index (χ1n) is 18.0. The summed E-state index contributed by atoms with van der Waals surface area (Å²) in [7, 11) is 0. The molecule has 7 unspecified atom stereocenters. The van der Waals surface area contributed by atoms with Crippen molar-refractivity contribution < 1.29 is 54.3 Å². The van der Waals surface area contributed by atoms with Crippen molar-refractivity contribution >= 4 is 63.7 Å². The number of carbonyl (C=O) groups excluding carboxylic acids is 1. The molecule has 0 radical (unpaired) electrons. The van der Waals surface area contributed by atoms with Crippen molar-refractivity contribution in [1.82, 2.24) is 9.69 Å². The number of carboxylic acids is 5. The molecule has 1 aromatic heterocycles. The highest BCUT2D eigenvalue weighted by Crippen LogP contribution is 2.40. The summed E-state index contributed by atoms with van der Waals surface area (Å²) in [5.41, 5.74) is 3.50. The molecule has 3 aromatic rings. The van der Waals surface area contributed by atoms with Crippen LogP contribution in [-0.2, 0) is 28.8 Å². The fourth-order valence-corrected chi connectivity index (χ4v) is 7.54. The van der Waals surface area contributed by atoms with Crippen LogP contribution in [0.1, 0.15) is 61.9 Å². The van der Waals surface area contributed by atoms with Crippen molar-refractivity contribution in [2.75, 3.05) is 24.5 Å². The van der Waals surface area contributed by atoms with Crippen LogP contribution in [0.25, 0.3) is 0 Å². The number of rotatable bonds is 22. The maximum absolute atomic E-state index is 14.2. The van der Waals surface area contributed by atoms with Gasteiger partial charge < -0.3 is 35.7 Å². The Morgan fingerprint density at radius 3 is 1.96 bits per heavy atom. The van der Waals surface area contributed by atoms with E-state index in [-0.39, 0.29) is 19.5 Å². The molecule has 0 aliphatic rings. The number of aliphatic carboxylic acids is 5. The van der Waals surface area contributed by atoms with Crippen molar-refractivity contribution in [3.05, 3.63) is 70.9 Å². The van der Waals surface area contributed by atoms with Gasteiger partial charge in [-0.2, -0.15) is 9.64 Å². The van der Waals surface area contributed by atoms with E-state index in [9.17, 15) is 59.6 Å². The van der Waals surface area contributed by atoms with Gasteiger partial charge in [0.25, 0.3) is 0 Å². The zero-order valence-corrected chi connectivity index (χ0v) is 32.8. The molecule has 304 valence electrons. The first-order valence-corrected chi connectivity index (χ1v) is 18.8. The number of nitriles is 1. The number of hydrogen-bond donors (Lipinski definition) is 6. The Bertz CT molecular complexity index is 2010. The third-order valence-electron chi connectivity index (χ3n) is 9.90. The predicted octanol–water partition coefficient (Wildman–Crippen LogP) is 5.71. The Morgan fingerprint density at radius 1 is 0.825 bits per heavy atom. The number of anilines is 1. The molecule has 57 heavy (non-hydrogen) atoms. The number of nitrogens with zero attached hydrogens (tertiary/aromatic N) is 5. The van der Waals surface area contributed by atoms with Crippen LogP contribution in [0.3, 0.4) is 0 Å². The number of azo groups is 1. The van der Waals surface area contributed by atoms with Crippen LogP contribution in [0.4, 0.5) is 16.4 Å². The van der Waals surface area contributed by atoms with Crippen LogP contribution in [0.2, 0.25) is 0 Å². The second-order valence-corrected chi connectivity index (χ2v) is 14.5. The van der Waals surface area contributed by atoms with Gasteiger partial charge in [0.2, 0.25) is 5.91 Å². The fraction of sp³-hybridized carbons (Fsp3) is 0.436. The minimum Gasteiger partial charge on any atom is -0.481 e. The molecule has 6 N–H and O–H groups in total. The summed E-state index contributed by atoms with van der Waals surface area (Å²) in [6, 6.07) is 15.9. The van der Waals surface area contributed by atoms with Crippen molar-refractivity contribution in [2.24, 2.45) is 45.7 Å². The molecule has 18 heteroatoms. The van der Waals surface area contributed by atoms with Gasteiger partial charge in [-0.05, 0) is 73.5 Å². The number of carboxylic acid groups (broad SMARTS) is 5. The third-order valence-corrected chi connectivity index (χ3v) is 10.7. The van der Waals surface area contributed by atoms with Gasteiger partial charge in [-0.15, -0.1) is 10.2 Å². The van der Waals surface area contributed by atoms with E-state index >= 15 is 0 Å². The number of hydrogen-bond acceptors (Lipinski definition) is 12. The summed E-state index contributed by atoms with van der Waals surface area (Å²) >= 11 is 1.05.